The Kier molecular flexibility index (Phi) is 3.06. The molecule has 0 spiro atoms. The van der Waals surface area contributed by atoms with E-state index in [1.165, 1.54) is 0 Å². The summed E-state index contributed by atoms with van der Waals surface area (Å²) in [6, 6.07) is 8.23. The Bertz CT molecular complexity index is 549. The Morgan fingerprint density at radius 2 is 1.71 bits per heavy atom. The van der Waals surface area contributed by atoms with E-state index >= 15 is 0 Å². The molecular formula is C17H24N2O2. The zero-order chi connectivity index (χ0) is 15.4. The number of nitrogens with zero attached hydrogens (tertiary/aromatic N) is 1. The van der Waals surface area contributed by atoms with E-state index in [4.69, 9.17) is 4.74 Å². The number of rotatable bonds is 3. The highest BCUT2D eigenvalue weighted by Crippen LogP contribution is 2.66. The first-order valence-corrected chi connectivity index (χ1v) is 7.49. The lowest BCUT2D eigenvalue weighted by atomic mass is 10.0. The standard InChI is InChI=1S/C17H24N2O2/c1-16(2)15(17(16,3)4)19-13(20)10-18-14(19)11-6-8-12(21-5)9-7-11/h6-9,14-15,18H,10H2,1-5H3. The van der Waals surface area contributed by atoms with Gasteiger partial charge in [0.1, 0.15) is 11.9 Å². The minimum atomic E-state index is -0.0329. The van der Waals surface area contributed by atoms with Gasteiger partial charge >= 0.3 is 0 Å². The van der Waals surface area contributed by atoms with E-state index in [0.717, 1.165) is 11.3 Å². The van der Waals surface area contributed by atoms with E-state index < -0.39 is 0 Å². The van der Waals surface area contributed by atoms with E-state index in [0.29, 0.717) is 6.54 Å². The van der Waals surface area contributed by atoms with Crippen LogP contribution in [0, 0.1) is 10.8 Å². The van der Waals surface area contributed by atoms with Gasteiger partial charge < -0.3 is 9.64 Å². The Morgan fingerprint density at radius 3 is 2.19 bits per heavy atom. The first kappa shape index (κ1) is 14.4. The molecule has 1 heterocycles. The SMILES string of the molecule is COc1ccc(C2NCC(=O)N2C2C(C)(C)C2(C)C)cc1. The van der Waals surface area contributed by atoms with Crippen LogP contribution in [-0.2, 0) is 4.79 Å². The monoisotopic (exact) mass is 288 g/mol. The molecule has 1 atom stereocenters. The molecule has 3 rings (SSSR count). The number of ether oxygens (including phenoxy) is 1. The van der Waals surface area contributed by atoms with Crippen LogP contribution in [0.5, 0.6) is 5.75 Å². The van der Waals surface area contributed by atoms with Crippen molar-refractivity contribution in [3.8, 4) is 5.75 Å². The smallest absolute Gasteiger partial charge is 0.238 e. The second-order valence-electron chi connectivity index (χ2n) is 7.20. The van der Waals surface area contributed by atoms with E-state index in [2.05, 4.69) is 33.0 Å². The third kappa shape index (κ3) is 1.96. The van der Waals surface area contributed by atoms with Crippen LogP contribution < -0.4 is 10.1 Å². The van der Waals surface area contributed by atoms with E-state index in [-0.39, 0.29) is 28.9 Å². The topological polar surface area (TPSA) is 41.6 Å². The molecule has 0 bridgehead atoms. The quantitative estimate of drug-likeness (QED) is 0.929. The minimum Gasteiger partial charge on any atom is -0.497 e. The molecule has 2 fully saturated rings. The van der Waals surface area contributed by atoms with Crippen LogP contribution in [0.4, 0.5) is 0 Å². The number of nitrogens with one attached hydrogen (secondary N) is 1. The van der Waals surface area contributed by atoms with Gasteiger partial charge in [-0.25, -0.2) is 0 Å². The number of hydrogen-bond acceptors (Lipinski definition) is 3. The predicted octanol–water partition coefficient (Wildman–Crippen LogP) is 2.56. The van der Waals surface area contributed by atoms with Crippen molar-refractivity contribution < 1.29 is 9.53 Å². The number of methoxy groups -OCH3 is 1. The number of amides is 1. The Balaban J connectivity index is 1.90. The molecule has 114 valence electrons. The zero-order valence-electron chi connectivity index (χ0n) is 13.4. The van der Waals surface area contributed by atoms with E-state index in [1.54, 1.807) is 7.11 Å². The predicted molar refractivity (Wildman–Crippen MR) is 81.9 cm³/mol. The minimum absolute atomic E-state index is 0.0329. The molecule has 1 aromatic carbocycles. The van der Waals surface area contributed by atoms with E-state index in [1.807, 2.05) is 29.2 Å². The van der Waals surface area contributed by atoms with Gasteiger partial charge in [0, 0.05) is 6.04 Å². The largest absolute Gasteiger partial charge is 0.497 e. The molecule has 1 aliphatic heterocycles. The van der Waals surface area contributed by atoms with Crippen molar-refractivity contribution in [2.75, 3.05) is 13.7 Å². The fourth-order valence-electron chi connectivity index (χ4n) is 3.73. The van der Waals surface area contributed by atoms with Crippen molar-refractivity contribution >= 4 is 5.91 Å². The maximum Gasteiger partial charge on any atom is 0.238 e. The van der Waals surface area contributed by atoms with Gasteiger partial charge in [-0.1, -0.05) is 39.8 Å². The first-order valence-electron chi connectivity index (χ1n) is 7.49. The molecule has 1 aliphatic carbocycles. The second-order valence-corrected chi connectivity index (χ2v) is 7.20. The molecule has 0 radical (unpaired) electrons. The number of carbonyl (C=O) groups is 1. The summed E-state index contributed by atoms with van der Waals surface area (Å²) in [5.74, 6) is 1.03. The van der Waals surface area contributed by atoms with Crippen LogP contribution in [0.25, 0.3) is 0 Å². The van der Waals surface area contributed by atoms with Crippen molar-refractivity contribution in [3.63, 3.8) is 0 Å². The van der Waals surface area contributed by atoms with Gasteiger partial charge in [0.15, 0.2) is 0 Å². The molecule has 1 N–H and O–H groups in total. The molecule has 2 aliphatic rings. The molecule has 4 nitrogen and oxygen atoms in total. The van der Waals surface area contributed by atoms with Gasteiger partial charge in [-0.3, -0.25) is 10.1 Å². The summed E-state index contributed by atoms with van der Waals surface area (Å²) in [6.07, 6.45) is -0.0329. The Morgan fingerprint density at radius 1 is 1.14 bits per heavy atom. The number of carbonyl (C=O) groups excluding carboxylic acids is 1. The van der Waals surface area contributed by atoms with Crippen molar-refractivity contribution in [2.45, 2.75) is 39.9 Å². The highest BCUT2D eigenvalue weighted by molar-refractivity contribution is 5.82. The van der Waals surface area contributed by atoms with Crippen molar-refractivity contribution in [1.82, 2.24) is 10.2 Å². The zero-order valence-corrected chi connectivity index (χ0v) is 13.4. The average molecular weight is 288 g/mol. The molecule has 1 saturated carbocycles. The van der Waals surface area contributed by atoms with Gasteiger partial charge in [0.2, 0.25) is 5.91 Å². The van der Waals surface area contributed by atoms with Gasteiger partial charge in [0.05, 0.1) is 13.7 Å². The molecule has 21 heavy (non-hydrogen) atoms. The third-order valence-electron chi connectivity index (χ3n) is 5.67. The van der Waals surface area contributed by atoms with Crippen LogP contribution in [-0.4, -0.2) is 30.5 Å². The highest BCUT2D eigenvalue weighted by Gasteiger charge is 2.69. The number of hydrogen-bond donors (Lipinski definition) is 1. The molecule has 0 aromatic heterocycles. The Labute approximate surface area is 126 Å². The summed E-state index contributed by atoms with van der Waals surface area (Å²) in [6.45, 7) is 9.39. The maximum absolute atomic E-state index is 12.4. The summed E-state index contributed by atoms with van der Waals surface area (Å²) >= 11 is 0. The average Bonchev–Trinajstić information content (AvgIpc) is 2.73. The normalized spacial score (nSPS) is 27.0. The Hall–Kier alpha value is -1.55. The summed E-state index contributed by atoms with van der Waals surface area (Å²) in [4.78, 5) is 14.4. The highest BCUT2D eigenvalue weighted by atomic mass is 16.5. The summed E-state index contributed by atoms with van der Waals surface area (Å²) in [5.41, 5.74) is 1.42. The van der Waals surface area contributed by atoms with Gasteiger partial charge in [-0.05, 0) is 28.5 Å². The van der Waals surface area contributed by atoms with E-state index in [9.17, 15) is 4.79 Å². The molecule has 1 aromatic rings. The van der Waals surface area contributed by atoms with Gasteiger partial charge in [-0.2, -0.15) is 0 Å². The van der Waals surface area contributed by atoms with Crippen LogP contribution in [0.3, 0.4) is 0 Å². The van der Waals surface area contributed by atoms with Crippen molar-refractivity contribution in [1.29, 1.82) is 0 Å². The van der Waals surface area contributed by atoms with Gasteiger partial charge in [0.25, 0.3) is 0 Å². The molecule has 1 amide bonds. The fraction of sp³-hybridized carbons (Fsp3) is 0.588. The lowest BCUT2D eigenvalue weighted by Crippen LogP contribution is -2.35. The van der Waals surface area contributed by atoms with Gasteiger partial charge in [-0.15, -0.1) is 0 Å². The molecule has 1 saturated heterocycles. The fourth-order valence-corrected chi connectivity index (χ4v) is 3.73. The summed E-state index contributed by atoms with van der Waals surface area (Å²) < 4.78 is 5.20. The lowest BCUT2D eigenvalue weighted by Gasteiger charge is -2.27. The lowest BCUT2D eigenvalue weighted by molar-refractivity contribution is -0.129. The maximum atomic E-state index is 12.4. The van der Waals surface area contributed by atoms with Crippen molar-refractivity contribution in [3.05, 3.63) is 29.8 Å². The van der Waals surface area contributed by atoms with Crippen LogP contribution >= 0.6 is 0 Å². The first-order chi connectivity index (χ1) is 9.80. The number of benzene rings is 1. The van der Waals surface area contributed by atoms with Crippen LogP contribution in [0.1, 0.15) is 39.4 Å². The van der Waals surface area contributed by atoms with Crippen molar-refractivity contribution in [2.24, 2.45) is 10.8 Å². The molecule has 4 heteroatoms. The van der Waals surface area contributed by atoms with Crippen LogP contribution in [0.2, 0.25) is 0 Å². The third-order valence-corrected chi connectivity index (χ3v) is 5.67. The summed E-state index contributed by atoms with van der Waals surface area (Å²) in [7, 11) is 1.66. The molecule has 1 unspecified atom stereocenters. The second kappa shape index (κ2) is 4.47. The molecular weight excluding hydrogens is 264 g/mol. The summed E-state index contributed by atoms with van der Waals surface area (Å²) in [5, 5.41) is 3.34. The van der Waals surface area contributed by atoms with Crippen LogP contribution in [0.15, 0.2) is 24.3 Å².